The highest BCUT2D eigenvalue weighted by Crippen LogP contribution is 2.15. The normalized spacial score (nSPS) is 14.5. The maximum atomic E-state index is 11.8. The van der Waals surface area contributed by atoms with Gasteiger partial charge in [0, 0.05) is 19.2 Å². The SMILES string of the molecule is O=C1C=CC(=O)C(N(CCO)Cc2ccccc2)=C1. The van der Waals surface area contributed by atoms with Gasteiger partial charge >= 0.3 is 0 Å². The maximum absolute atomic E-state index is 11.8. The molecule has 98 valence electrons. The highest BCUT2D eigenvalue weighted by atomic mass is 16.3. The molecule has 0 atom stereocenters. The zero-order chi connectivity index (χ0) is 13.7. The van der Waals surface area contributed by atoms with Crippen LogP contribution in [0.25, 0.3) is 0 Å². The third kappa shape index (κ3) is 3.39. The van der Waals surface area contributed by atoms with Crippen LogP contribution in [-0.4, -0.2) is 34.7 Å². The average molecular weight is 257 g/mol. The van der Waals surface area contributed by atoms with Crippen molar-refractivity contribution in [2.75, 3.05) is 13.2 Å². The van der Waals surface area contributed by atoms with Gasteiger partial charge in [0.2, 0.25) is 5.78 Å². The van der Waals surface area contributed by atoms with Crippen LogP contribution >= 0.6 is 0 Å². The number of aliphatic hydroxyl groups is 1. The second-order valence-electron chi connectivity index (χ2n) is 4.26. The molecule has 0 aromatic heterocycles. The molecule has 4 heteroatoms. The van der Waals surface area contributed by atoms with Crippen LogP contribution < -0.4 is 0 Å². The second kappa shape index (κ2) is 6.11. The number of nitrogens with zero attached hydrogens (tertiary/aromatic N) is 1. The van der Waals surface area contributed by atoms with Crippen LogP contribution in [0.4, 0.5) is 0 Å². The minimum atomic E-state index is -0.205. The lowest BCUT2D eigenvalue weighted by Crippen LogP contribution is -2.31. The number of hydrogen-bond acceptors (Lipinski definition) is 4. The first-order valence-electron chi connectivity index (χ1n) is 6.08. The van der Waals surface area contributed by atoms with Gasteiger partial charge in [0.15, 0.2) is 5.78 Å². The summed E-state index contributed by atoms with van der Waals surface area (Å²) in [5, 5.41) is 9.11. The number of rotatable bonds is 5. The van der Waals surface area contributed by atoms with E-state index in [1.165, 1.54) is 18.2 Å². The first kappa shape index (κ1) is 13.2. The molecule has 0 saturated carbocycles. The smallest absolute Gasteiger partial charge is 0.202 e. The molecular weight excluding hydrogens is 242 g/mol. The van der Waals surface area contributed by atoms with Crippen LogP contribution in [-0.2, 0) is 16.1 Å². The van der Waals surface area contributed by atoms with E-state index in [0.717, 1.165) is 5.56 Å². The van der Waals surface area contributed by atoms with Crippen LogP contribution in [0.3, 0.4) is 0 Å². The highest BCUT2D eigenvalue weighted by molar-refractivity contribution is 6.16. The van der Waals surface area contributed by atoms with Gasteiger partial charge < -0.3 is 10.0 Å². The fraction of sp³-hybridized carbons (Fsp3) is 0.200. The van der Waals surface area contributed by atoms with E-state index >= 15 is 0 Å². The van der Waals surface area contributed by atoms with E-state index in [1.807, 2.05) is 30.3 Å². The van der Waals surface area contributed by atoms with Crippen molar-refractivity contribution < 1.29 is 14.7 Å². The fourth-order valence-corrected chi connectivity index (χ4v) is 1.95. The minimum Gasteiger partial charge on any atom is -0.395 e. The fourth-order valence-electron chi connectivity index (χ4n) is 1.95. The standard InChI is InChI=1S/C15H15NO3/c17-9-8-16(11-12-4-2-1-3-5-12)14-10-13(18)6-7-15(14)19/h1-7,10,17H,8-9,11H2. The third-order valence-corrected chi connectivity index (χ3v) is 2.86. The van der Waals surface area contributed by atoms with Gasteiger partial charge in [0.25, 0.3) is 0 Å². The Bertz CT molecular complexity index is 532. The van der Waals surface area contributed by atoms with Gasteiger partial charge in [-0.1, -0.05) is 30.3 Å². The summed E-state index contributed by atoms with van der Waals surface area (Å²) >= 11 is 0. The summed E-state index contributed by atoms with van der Waals surface area (Å²) in [4.78, 5) is 24.9. The van der Waals surface area contributed by atoms with E-state index in [0.29, 0.717) is 18.8 Å². The van der Waals surface area contributed by atoms with Crippen LogP contribution in [0.1, 0.15) is 5.56 Å². The molecule has 0 unspecified atom stereocenters. The van der Waals surface area contributed by atoms with Crippen molar-refractivity contribution in [3.05, 3.63) is 59.8 Å². The van der Waals surface area contributed by atoms with Crippen molar-refractivity contribution >= 4 is 11.6 Å². The predicted molar refractivity (Wildman–Crippen MR) is 71.2 cm³/mol. The van der Waals surface area contributed by atoms with Gasteiger partial charge in [-0.05, 0) is 17.7 Å². The van der Waals surface area contributed by atoms with Gasteiger partial charge in [0.1, 0.15) is 0 Å². The summed E-state index contributed by atoms with van der Waals surface area (Å²) in [6.07, 6.45) is 3.85. The van der Waals surface area contributed by atoms with Crippen molar-refractivity contribution in [2.45, 2.75) is 6.54 Å². The van der Waals surface area contributed by atoms with E-state index < -0.39 is 0 Å². The molecule has 1 aromatic carbocycles. The second-order valence-corrected chi connectivity index (χ2v) is 4.26. The van der Waals surface area contributed by atoms with Gasteiger partial charge in [-0.2, -0.15) is 0 Å². The van der Waals surface area contributed by atoms with E-state index in [-0.39, 0.29) is 18.2 Å². The Morgan fingerprint density at radius 1 is 1.05 bits per heavy atom. The summed E-state index contributed by atoms with van der Waals surface area (Å²) in [6, 6.07) is 9.62. The minimum absolute atomic E-state index is 0.0740. The van der Waals surface area contributed by atoms with Crippen molar-refractivity contribution in [1.29, 1.82) is 0 Å². The Morgan fingerprint density at radius 2 is 1.79 bits per heavy atom. The van der Waals surface area contributed by atoms with Crippen molar-refractivity contribution in [2.24, 2.45) is 0 Å². The molecule has 1 aliphatic carbocycles. The largest absolute Gasteiger partial charge is 0.395 e. The summed E-state index contributed by atoms with van der Waals surface area (Å²) < 4.78 is 0. The number of aliphatic hydroxyl groups excluding tert-OH is 1. The van der Waals surface area contributed by atoms with Crippen molar-refractivity contribution in [3.63, 3.8) is 0 Å². The van der Waals surface area contributed by atoms with Crippen LogP contribution in [0, 0.1) is 0 Å². The average Bonchev–Trinajstić information content (AvgIpc) is 2.42. The topological polar surface area (TPSA) is 57.6 Å². The lowest BCUT2D eigenvalue weighted by atomic mass is 10.1. The molecule has 0 fully saturated rings. The van der Waals surface area contributed by atoms with Crippen molar-refractivity contribution in [1.82, 2.24) is 4.90 Å². The van der Waals surface area contributed by atoms with Gasteiger partial charge in [-0.25, -0.2) is 0 Å². The Morgan fingerprint density at radius 3 is 2.47 bits per heavy atom. The van der Waals surface area contributed by atoms with Crippen molar-refractivity contribution in [3.8, 4) is 0 Å². The number of benzene rings is 1. The molecule has 0 amide bonds. The molecule has 1 aliphatic rings. The summed E-state index contributed by atoms with van der Waals surface area (Å²) in [5.74, 6) is -0.408. The van der Waals surface area contributed by atoms with E-state index in [2.05, 4.69) is 0 Å². The van der Waals surface area contributed by atoms with Crippen LogP contribution in [0.2, 0.25) is 0 Å². The molecule has 2 rings (SSSR count). The first-order valence-corrected chi connectivity index (χ1v) is 6.08. The molecule has 1 N–H and O–H groups in total. The summed E-state index contributed by atoms with van der Waals surface area (Å²) in [6.45, 7) is 0.725. The summed E-state index contributed by atoms with van der Waals surface area (Å²) in [5.41, 5.74) is 1.36. The van der Waals surface area contributed by atoms with Gasteiger partial charge in [-0.15, -0.1) is 0 Å². The molecule has 0 heterocycles. The summed E-state index contributed by atoms with van der Waals surface area (Å²) in [7, 11) is 0. The molecule has 0 aliphatic heterocycles. The van der Waals surface area contributed by atoms with Gasteiger partial charge in [0.05, 0.1) is 12.3 Å². The number of ketones is 2. The lowest BCUT2D eigenvalue weighted by molar-refractivity contribution is -0.115. The highest BCUT2D eigenvalue weighted by Gasteiger charge is 2.19. The van der Waals surface area contributed by atoms with E-state index in [4.69, 9.17) is 5.11 Å². The van der Waals surface area contributed by atoms with E-state index in [1.54, 1.807) is 4.90 Å². The molecule has 1 aromatic rings. The number of allylic oxidation sites excluding steroid dienone is 3. The Hall–Kier alpha value is -2.20. The third-order valence-electron chi connectivity index (χ3n) is 2.86. The molecule has 0 saturated heterocycles. The number of carbonyl (C=O) groups excluding carboxylic acids is 2. The molecule has 0 radical (unpaired) electrons. The molecular formula is C15H15NO3. The van der Waals surface area contributed by atoms with Gasteiger partial charge in [-0.3, -0.25) is 9.59 Å². The number of carbonyl (C=O) groups is 2. The number of hydrogen-bond donors (Lipinski definition) is 1. The lowest BCUT2D eigenvalue weighted by Gasteiger charge is -2.26. The first-order chi connectivity index (χ1) is 9.20. The molecule has 19 heavy (non-hydrogen) atoms. The zero-order valence-corrected chi connectivity index (χ0v) is 10.5. The maximum Gasteiger partial charge on any atom is 0.202 e. The quantitative estimate of drug-likeness (QED) is 0.802. The zero-order valence-electron chi connectivity index (χ0n) is 10.5. The molecule has 4 nitrogen and oxygen atoms in total. The molecule has 0 bridgehead atoms. The van der Waals surface area contributed by atoms with Crippen LogP contribution in [0.5, 0.6) is 0 Å². The molecule has 0 spiro atoms. The Labute approximate surface area is 111 Å². The van der Waals surface area contributed by atoms with E-state index in [9.17, 15) is 9.59 Å². The Kier molecular flexibility index (Phi) is 4.26. The monoisotopic (exact) mass is 257 g/mol. The van der Waals surface area contributed by atoms with Crippen LogP contribution in [0.15, 0.2) is 54.3 Å². The Balaban J connectivity index is 2.20. The predicted octanol–water partition coefficient (Wildman–Crippen LogP) is 1.07.